The molecule has 0 bridgehead atoms. The Bertz CT molecular complexity index is 664. The van der Waals surface area contributed by atoms with Crippen molar-refractivity contribution in [3.63, 3.8) is 0 Å². The first-order chi connectivity index (χ1) is 10.4. The highest BCUT2D eigenvalue weighted by atomic mass is 16.5. The number of benzene rings is 1. The molecule has 0 saturated heterocycles. The molecule has 22 heavy (non-hydrogen) atoms. The number of carboxylic acid groups (broad SMARTS) is 1. The molecule has 0 radical (unpaired) electrons. The normalized spacial score (nSPS) is 13.2. The lowest BCUT2D eigenvalue weighted by Gasteiger charge is -2.25. The molecule has 0 aliphatic heterocycles. The molecule has 1 heterocycles. The summed E-state index contributed by atoms with van der Waals surface area (Å²) in [5.74, 6) is -0.639. The van der Waals surface area contributed by atoms with E-state index < -0.39 is 17.4 Å². The van der Waals surface area contributed by atoms with E-state index in [4.69, 9.17) is 9.15 Å². The lowest BCUT2D eigenvalue weighted by molar-refractivity contribution is -0.145. The summed E-state index contributed by atoms with van der Waals surface area (Å²) in [5.41, 5.74) is -1.58. The Hall–Kier alpha value is -2.76. The van der Waals surface area contributed by atoms with Crippen LogP contribution in [-0.2, 0) is 4.79 Å². The monoisotopic (exact) mass is 303 g/mol. The summed E-state index contributed by atoms with van der Waals surface area (Å²) in [4.78, 5) is 23.6. The van der Waals surface area contributed by atoms with Crippen molar-refractivity contribution in [3.05, 3.63) is 54.0 Å². The molecule has 0 aliphatic carbocycles. The smallest absolute Gasteiger partial charge is 0.332 e. The largest absolute Gasteiger partial charge is 0.491 e. The number of ether oxygens (including phenoxy) is 1. The fourth-order valence-electron chi connectivity index (χ4n) is 1.76. The van der Waals surface area contributed by atoms with E-state index >= 15 is 0 Å². The summed E-state index contributed by atoms with van der Waals surface area (Å²) in [7, 11) is 0. The molecule has 0 unspecified atom stereocenters. The van der Waals surface area contributed by atoms with Gasteiger partial charge in [-0.3, -0.25) is 4.79 Å². The Kier molecular flexibility index (Phi) is 4.50. The number of carbonyl (C=O) groups is 2. The zero-order valence-corrected chi connectivity index (χ0v) is 12.3. The minimum atomic E-state index is -1.58. The van der Waals surface area contributed by atoms with Gasteiger partial charge in [0.2, 0.25) is 0 Å². The fourth-order valence-corrected chi connectivity index (χ4v) is 1.76. The van der Waals surface area contributed by atoms with Gasteiger partial charge < -0.3 is 19.6 Å². The minimum absolute atomic E-state index is 0.0599. The van der Waals surface area contributed by atoms with E-state index in [1.807, 2.05) is 6.07 Å². The van der Waals surface area contributed by atoms with E-state index in [0.717, 1.165) is 0 Å². The van der Waals surface area contributed by atoms with E-state index in [-0.39, 0.29) is 12.4 Å². The van der Waals surface area contributed by atoms with Crippen molar-refractivity contribution in [3.8, 4) is 5.75 Å². The molecule has 0 fully saturated rings. The van der Waals surface area contributed by atoms with Crippen LogP contribution < -0.4 is 10.1 Å². The van der Waals surface area contributed by atoms with Crippen LogP contribution >= 0.6 is 0 Å². The van der Waals surface area contributed by atoms with Gasteiger partial charge in [0.1, 0.15) is 18.1 Å². The molecule has 1 atom stereocenters. The maximum atomic E-state index is 12.1. The van der Waals surface area contributed by atoms with E-state index in [2.05, 4.69) is 5.32 Å². The molecule has 6 nitrogen and oxygen atoms in total. The van der Waals surface area contributed by atoms with Crippen LogP contribution in [0.5, 0.6) is 5.75 Å². The van der Waals surface area contributed by atoms with Crippen LogP contribution in [0.15, 0.2) is 46.9 Å². The van der Waals surface area contributed by atoms with Crippen molar-refractivity contribution in [1.82, 2.24) is 5.32 Å². The van der Waals surface area contributed by atoms with Crippen molar-refractivity contribution >= 4 is 11.9 Å². The maximum Gasteiger partial charge on any atom is 0.332 e. The van der Waals surface area contributed by atoms with Gasteiger partial charge in [-0.05, 0) is 38.1 Å². The molecule has 0 saturated carbocycles. The van der Waals surface area contributed by atoms with Crippen LogP contribution in [0, 0.1) is 6.92 Å². The number of aryl methyl sites for hydroxylation is 1. The minimum Gasteiger partial charge on any atom is -0.491 e. The first-order valence-electron chi connectivity index (χ1n) is 6.71. The second-order valence-corrected chi connectivity index (χ2v) is 5.10. The standard InChI is InChI=1S/C16H17NO5/c1-11-8-9-13(22-11)14(18)17-16(2,15(19)20)10-21-12-6-4-3-5-7-12/h3-9H,10H2,1-2H3,(H,17,18)(H,19,20)/t16-/m1/s1. The summed E-state index contributed by atoms with van der Waals surface area (Å²) in [5, 5.41) is 11.8. The lowest BCUT2D eigenvalue weighted by atomic mass is 10.0. The summed E-state index contributed by atoms with van der Waals surface area (Å²) >= 11 is 0. The van der Waals surface area contributed by atoms with Gasteiger partial charge >= 0.3 is 5.97 Å². The highest BCUT2D eigenvalue weighted by Crippen LogP contribution is 2.14. The van der Waals surface area contributed by atoms with Crippen molar-refractivity contribution in [2.24, 2.45) is 0 Å². The predicted molar refractivity (Wildman–Crippen MR) is 78.9 cm³/mol. The lowest BCUT2D eigenvalue weighted by Crippen LogP contribution is -2.56. The van der Waals surface area contributed by atoms with Crippen molar-refractivity contribution in [2.75, 3.05) is 6.61 Å². The van der Waals surface area contributed by atoms with Gasteiger partial charge in [0.25, 0.3) is 5.91 Å². The average molecular weight is 303 g/mol. The Morgan fingerprint density at radius 2 is 1.91 bits per heavy atom. The molecule has 6 heteroatoms. The number of nitrogens with one attached hydrogen (secondary N) is 1. The van der Waals surface area contributed by atoms with Crippen LogP contribution in [0.25, 0.3) is 0 Å². The van der Waals surface area contributed by atoms with E-state index in [1.165, 1.54) is 13.0 Å². The molecule has 1 amide bonds. The summed E-state index contributed by atoms with van der Waals surface area (Å²) in [6.07, 6.45) is 0. The van der Waals surface area contributed by atoms with Crippen molar-refractivity contribution in [1.29, 1.82) is 0 Å². The third kappa shape index (κ3) is 3.66. The summed E-state index contributed by atoms with van der Waals surface area (Å²) in [6, 6.07) is 11.9. The van der Waals surface area contributed by atoms with Crippen LogP contribution in [0.2, 0.25) is 0 Å². The van der Waals surface area contributed by atoms with Crippen molar-refractivity contribution in [2.45, 2.75) is 19.4 Å². The van der Waals surface area contributed by atoms with Gasteiger partial charge in [-0.2, -0.15) is 0 Å². The SMILES string of the molecule is Cc1ccc(C(=O)N[C@](C)(COc2ccccc2)C(=O)O)o1. The Morgan fingerprint density at radius 1 is 1.23 bits per heavy atom. The van der Waals surface area contributed by atoms with Crippen LogP contribution in [-0.4, -0.2) is 29.1 Å². The molecule has 2 rings (SSSR count). The number of amides is 1. The van der Waals surface area contributed by atoms with E-state index in [9.17, 15) is 14.7 Å². The molecular formula is C16H17NO5. The average Bonchev–Trinajstić information content (AvgIpc) is 2.93. The molecular weight excluding hydrogens is 286 g/mol. The number of carbonyl (C=O) groups excluding carboxylic acids is 1. The van der Waals surface area contributed by atoms with Gasteiger partial charge in [-0.25, -0.2) is 4.79 Å². The number of aliphatic carboxylic acids is 1. The highest BCUT2D eigenvalue weighted by molar-refractivity contribution is 5.95. The summed E-state index contributed by atoms with van der Waals surface area (Å²) < 4.78 is 10.6. The number of hydrogen-bond donors (Lipinski definition) is 2. The first kappa shape index (κ1) is 15.6. The van der Waals surface area contributed by atoms with Gasteiger partial charge in [-0.1, -0.05) is 18.2 Å². The third-order valence-corrected chi connectivity index (χ3v) is 3.10. The number of furan rings is 1. The molecule has 1 aromatic heterocycles. The predicted octanol–water partition coefficient (Wildman–Crippen LogP) is 2.24. The Balaban J connectivity index is 2.07. The van der Waals surface area contributed by atoms with Crippen LogP contribution in [0.4, 0.5) is 0 Å². The molecule has 2 aromatic rings. The first-order valence-corrected chi connectivity index (χ1v) is 6.71. The second kappa shape index (κ2) is 6.34. The highest BCUT2D eigenvalue weighted by Gasteiger charge is 2.37. The number of para-hydroxylation sites is 1. The number of carboxylic acids is 1. The molecule has 2 N–H and O–H groups in total. The molecule has 0 spiro atoms. The Labute approximate surface area is 127 Å². The second-order valence-electron chi connectivity index (χ2n) is 5.10. The zero-order valence-electron chi connectivity index (χ0n) is 12.3. The fraction of sp³-hybridized carbons (Fsp3) is 0.250. The zero-order chi connectivity index (χ0) is 16.2. The van der Waals surface area contributed by atoms with Crippen LogP contribution in [0.3, 0.4) is 0 Å². The topological polar surface area (TPSA) is 88.8 Å². The van der Waals surface area contributed by atoms with Gasteiger partial charge in [0.15, 0.2) is 11.3 Å². The van der Waals surface area contributed by atoms with Gasteiger partial charge in [0, 0.05) is 0 Å². The quantitative estimate of drug-likeness (QED) is 0.854. The van der Waals surface area contributed by atoms with Gasteiger partial charge in [-0.15, -0.1) is 0 Å². The Morgan fingerprint density at radius 3 is 2.45 bits per heavy atom. The van der Waals surface area contributed by atoms with E-state index in [1.54, 1.807) is 37.3 Å². The summed E-state index contributed by atoms with van der Waals surface area (Å²) in [6.45, 7) is 2.87. The molecule has 1 aromatic carbocycles. The number of rotatable bonds is 6. The van der Waals surface area contributed by atoms with Crippen LogP contribution in [0.1, 0.15) is 23.2 Å². The van der Waals surface area contributed by atoms with Gasteiger partial charge in [0.05, 0.1) is 0 Å². The number of hydrogen-bond acceptors (Lipinski definition) is 4. The maximum absolute atomic E-state index is 12.1. The van der Waals surface area contributed by atoms with E-state index in [0.29, 0.717) is 11.5 Å². The molecule has 116 valence electrons. The third-order valence-electron chi connectivity index (χ3n) is 3.10. The van der Waals surface area contributed by atoms with Crippen molar-refractivity contribution < 1.29 is 23.8 Å². The molecule has 0 aliphatic rings.